The molecule has 1 saturated heterocycles. The van der Waals surface area contributed by atoms with Gasteiger partial charge in [-0.15, -0.1) is 0 Å². The van der Waals surface area contributed by atoms with Gasteiger partial charge >= 0.3 is 0 Å². The normalized spacial score (nSPS) is 16.7. The van der Waals surface area contributed by atoms with E-state index in [1.807, 2.05) is 7.05 Å². The van der Waals surface area contributed by atoms with Gasteiger partial charge in [-0.1, -0.05) is 29.3 Å². The summed E-state index contributed by atoms with van der Waals surface area (Å²) in [5, 5.41) is 3.51. The Morgan fingerprint density at radius 2 is 1.87 bits per heavy atom. The highest BCUT2D eigenvalue weighted by molar-refractivity contribution is 5.79. The molecule has 1 fully saturated rings. The Morgan fingerprint density at radius 3 is 2.43 bits per heavy atom. The summed E-state index contributed by atoms with van der Waals surface area (Å²) in [6.45, 7) is 10.2. The van der Waals surface area contributed by atoms with E-state index in [4.69, 9.17) is 4.74 Å². The van der Waals surface area contributed by atoms with Gasteiger partial charge < -0.3 is 15.0 Å². The molecule has 1 aromatic carbocycles. The zero-order valence-electron chi connectivity index (χ0n) is 15.1. The number of aliphatic imine (C=N–C) groups is 1. The van der Waals surface area contributed by atoms with Gasteiger partial charge in [0.25, 0.3) is 0 Å². The van der Waals surface area contributed by atoms with E-state index in [1.165, 1.54) is 16.7 Å². The summed E-state index contributed by atoms with van der Waals surface area (Å²) in [6, 6.07) is 6.76. The Morgan fingerprint density at radius 1 is 1.22 bits per heavy atom. The van der Waals surface area contributed by atoms with Crippen molar-refractivity contribution in [1.82, 2.24) is 10.2 Å². The maximum absolute atomic E-state index is 5.72. The first-order valence-corrected chi connectivity index (χ1v) is 8.76. The number of nitrogens with zero attached hydrogens (tertiary/aromatic N) is 2. The fourth-order valence-electron chi connectivity index (χ4n) is 3.33. The summed E-state index contributed by atoms with van der Waals surface area (Å²) in [4.78, 5) is 6.78. The van der Waals surface area contributed by atoms with E-state index in [0.29, 0.717) is 6.10 Å². The average molecular weight is 317 g/mol. The third kappa shape index (κ3) is 5.54. The van der Waals surface area contributed by atoms with Crippen LogP contribution in [0.15, 0.2) is 23.2 Å². The van der Waals surface area contributed by atoms with Crippen molar-refractivity contribution in [1.29, 1.82) is 0 Å². The lowest BCUT2D eigenvalue weighted by atomic mass is 10.1. The average Bonchev–Trinajstić information content (AvgIpc) is 2.52. The van der Waals surface area contributed by atoms with Gasteiger partial charge in [0, 0.05) is 33.3 Å². The second-order valence-corrected chi connectivity index (χ2v) is 6.36. The van der Waals surface area contributed by atoms with Crippen LogP contribution < -0.4 is 5.32 Å². The van der Waals surface area contributed by atoms with Crippen molar-refractivity contribution in [3.63, 3.8) is 0 Å². The van der Waals surface area contributed by atoms with E-state index in [-0.39, 0.29) is 0 Å². The predicted molar refractivity (Wildman–Crippen MR) is 97.2 cm³/mol. The first-order valence-electron chi connectivity index (χ1n) is 8.76. The van der Waals surface area contributed by atoms with Crippen molar-refractivity contribution in [3.8, 4) is 0 Å². The van der Waals surface area contributed by atoms with Crippen LogP contribution >= 0.6 is 0 Å². The number of aryl methyl sites for hydroxylation is 2. The molecule has 0 spiro atoms. The highest BCUT2D eigenvalue weighted by Gasteiger charge is 2.21. The van der Waals surface area contributed by atoms with Crippen LogP contribution in [0.2, 0.25) is 0 Å². The van der Waals surface area contributed by atoms with Crippen molar-refractivity contribution in [2.24, 2.45) is 4.99 Å². The molecule has 1 heterocycles. The monoisotopic (exact) mass is 317 g/mol. The molecule has 23 heavy (non-hydrogen) atoms. The van der Waals surface area contributed by atoms with Gasteiger partial charge in [-0.05, 0) is 45.6 Å². The smallest absolute Gasteiger partial charge is 0.193 e. The fourth-order valence-corrected chi connectivity index (χ4v) is 3.33. The highest BCUT2D eigenvalue weighted by Crippen LogP contribution is 2.14. The molecule has 0 aliphatic carbocycles. The van der Waals surface area contributed by atoms with E-state index in [0.717, 1.165) is 51.5 Å². The first-order chi connectivity index (χ1) is 11.1. The standard InChI is InChI=1S/C19H31N3O/c1-5-23-18-7-10-22(11-8-18)19(20-4)21-9-6-17-13-15(2)12-16(3)14-17/h12-14,18H,5-11H2,1-4H3,(H,20,21). The Hall–Kier alpha value is -1.55. The number of benzene rings is 1. The van der Waals surface area contributed by atoms with Crippen LogP contribution in [0.3, 0.4) is 0 Å². The van der Waals surface area contributed by atoms with Crippen molar-refractivity contribution >= 4 is 5.96 Å². The third-order valence-electron chi connectivity index (χ3n) is 4.33. The molecule has 1 aliphatic rings. The van der Waals surface area contributed by atoms with Gasteiger partial charge in [-0.25, -0.2) is 0 Å². The van der Waals surface area contributed by atoms with Crippen LogP contribution in [0.1, 0.15) is 36.5 Å². The maximum atomic E-state index is 5.72. The summed E-state index contributed by atoms with van der Waals surface area (Å²) in [5.41, 5.74) is 4.06. The number of guanidine groups is 1. The molecule has 0 aromatic heterocycles. The molecule has 1 aromatic rings. The van der Waals surface area contributed by atoms with Crippen LogP contribution in [0, 0.1) is 13.8 Å². The van der Waals surface area contributed by atoms with Crippen LogP contribution in [0.5, 0.6) is 0 Å². The number of rotatable bonds is 5. The zero-order valence-corrected chi connectivity index (χ0v) is 15.1. The molecule has 1 N–H and O–H groups in total. The fraction of sp³-hybridized carbons (Fsp3) is 0.632. The molecule has 4 nitrogen and oxygen atoms in total. The lowest BCUT2D eigenvalue weighted by Crippen LogP contribution is -2.47. The Kier molecular flexibility index (Phi) is 6.90. The molecule has 0 amide bonds. The van der Waals surface area contributed by atoms with Crippen molar-refractivity contribution in [3.05, 3.63) is 34.9 Å². The highest BCUT2D eigenvalue weighted by atomic mass is 16.5. The number of hydrogen-bond acceptors (Lipinski definition) is 2. The predicted octanol–water partition coefficient (Wildman–Crippen LogP) is 2.92. The van der Waals surface area contributed by atoms with E-state index in [9.17, 15) is 0 Å². The SMILES string of the molecule is CCOC1CCN(C(=NC)NCCc2cc(C)cc(C)c2)CC1. The second kappa shape index (κ2) is 8.92. The molecule has 2 rings (SSSR count). The quantitative estimate of drug-likeness (QED) is 0.670. The summed E-state index contributed by atoms with van der Waals surface area (Å²) >= 11 is 0. The van der Waals surface area contributed by atoms with E-state index >= 15 is 0 Å². The first kappa shape index (κ1) is 17.8. The van der Waals surface area contributed by atoms with Gasteiger partial charge in [0.05, 0.1) is 6.10 Å². The van der Waals surface area contributed by atoms with Gasteiger partial charge in [0.1, 0.15) is 0 Å². The number of piperidine rings is 1. The summed E-state index contributed by atoms with van der Waals surface area (Å²) in [7, 11) is 1.87. The Balaban J connectivity index is 1.79. The number of hydrogen-bond donors (Lipinski definition) is 1. The largest absolute Gasteiger partial charge is 0.378 e. The van der Waals surface area contributed by atoms with Gasteiger partial charge in [0.2, 0.25) is 0 Å². The topological polar surface area (TPSA) is 36.9 Å². The Labute approximate surface area is 140 Å². The van der Waals surface area contributed by atoms with E-state index < -0.39 is 0 Å². The second-order valence-electron chi connectivity index (χ2n) is 6.36. The molecule has 128 valence electrons. The molecule has 0 saturated carbocycles. The lowest BCUT2D eigenvalue weighted by molar-refractivity contribution is 0.0264. The van der Waals surface area contributed by atoms with Crippen molar-refractivity contribution in [2.45, 2.75) is 46.1 Å². The summed E-state index contributed by atoms with van der Waals surface area (Å²) < 4.78 is 5.72. The van der Waals surface area contributed by atoms with Crippen LogP contribution in [0.4, 0.5) is 0 Å². The minimum atomic E-state index is 0.421. The van der Waals surface area contributed by atoms with Gasteiger partial charge in [-0.3, -0.25) is 4.99 Å². The van der Waals surface area contributed by atoms with Crippen molar-refractivity contribution < 1.29 is 4.74 Å². The molecule has 4 heteroatoms. The van der Waals surface area contributed by atoms with Gasteiger partial charge in [0.15, 0.2) is 5.96 Å². The zero-order chi connectivity index (χ0) is 16.7. The molecule has 0 radical (unpaired) electrons. The molecule has 0 unspecified atom stereocenters. The minimum absolute atomic E-state index is 0.421. The van der Waals surface area contributed by atoms with Crippen LogP contribution in [-0.2, 0) is 11.2 Å². The minimum Gasteiger partial charge on any atom is -0.378 e. The van der Waals surface area contributed by atoms with E-state index in [2.05, 4.69) is 54.2 Å². The number of likely N-dealkylation sites (tertiary alicyclic amines) is 1. The summed E-state index contributed by atoms with van der Waals surface area (Å²) in [5.74, 6) is 1.02. The molecule has 1 aliphatic heterocycles. The van der Waals surface area contributed by atoms with Crippen LogP contribution in [-0.4, -0.2) is 50.3 Å². The number of nitrogens with one attached hydrogen (secondary N) is 1. The summed E-state index contributed by atoms with van der Waals surface area (Å²) in [6.07, 6.45) is 3.62. The molecular formula is C19H31N3O. The van der Waals surface area contributed by atoms with E-state index in [1.54, 1.807) is 0 Å². The third-order valence-corrected chi connectivity index (χ3v) is 4.33. The lowest BCUT2D eigenvalue weighted by Gasteiger charge is -2.34. The van der Waals surface area contributed by atoms with Crippen LogP contribution in [0.25, 0.3) is 0 Å². The maximum Gasteiger partial charge on any atom is 0.193 e. The molecular weight excluding hydrogens is 286 g/mol. The molecule has 0 atom stereocenters. The molecule has 0 bridgehead atoms. The van der Waals surface area contributed by atoms with Gasteiger partial charge in [-0.2, -0.15) is 0 Å². The van der Waals surface area contributed by atoms with Crippen molar-refractivity contribution in [2.75, 3.05) is 33.3 Å². The number of ether oxygens (including phenoxy) is 1. The Bertz CT molecular complexity index is 499.